The molecule has 1 aromatic carbocycles. The summed E-state index contributed by atoms with van der Waals surface area (Å²) in [5.74, 6) is -0.207. The van der Waals surface area contributed by atoms with Gasteiger partial charge in [0.1, 0.15) is 4.88 Å². The fourth-order valence-corrected chi connectivity index (χ4v) is 5.93. The highest BCUT2D eigenvalue weighted by Crippen LogP contribution is 2.41. The zero-order chi connectivity index (χ0) is 26.1. The van der Waals surface area contributed by atoms with Crippen molar-refractivity contribution in [3.8, 4) is 10.4 Å². The lowest BCUT2D eigenvalue weighted by molar-refractivity contribution is -0.123. The molecule has 0 saturated heterocycles. The number of hydrogen-bond donors (Lipinski definition) is 2. The Hall–Kier alpha value is -3.46. The highest BCUT2D eigenvalue weighted by molar-refractivity contribution is 7.18. The van der Waals surface area contributed by atoms with Gasteiger partial charge in [0.2, 0.25) is 5.91 Å². The first kappa shape index (κ1) is 25.2. The SMILES string of the molecule is CC1CCC(C(=O)N(CC2CC2)c2cc(-c3ccc(NC(=O)c4ccn(C)n4)cc3)sc2C(=O)O)CC1. The van der Waals surface area contributed by atoms with Gasteiger partial charge in [-0.1, -0.05) is 19.1 Å². The lowest BCUT2D eigenvalue weighted by atomic mass is 9.82. The van der Waals surface area contributed by atoms with E-state index in [4.69, 9.17) is 0 Å². The second-order valence-electron chi connectivity index (χ2n) is 10.4. The van der Waals surface area contributed by atoms with Crippen molar-refractivity contribution in [2.45, 2.75) is 45.4 Å². The van der Waals surface area contributed by atoms with Gasteiger partial charge in [0.15, 0.2) is 5.69 Å². The van der Waals surface area contributed by atoms with Crippen LogP contribution in [0.3, 0.4) is 0 Å². The Balaban J connectivity index is 1.38. The Bertz CT molecular complexity index is 1300. The van der Waals surface area contributed by atoms with E-state index in [-0.39, 0.29) is 22.6 Å². The lowest BCUT2D eigenvalue weighted by Gasteiger charge is -2.31. The van der Waals surface area contributed by atoms with E-state index in [1.165, 1.54) is 11.3 Å². The second kappa shape index (κ2) is 10.5. The number of carbonyl (C=O) groups excluding carboxylic acids is 2. The number of rotatable bonds is 8. The van der Waals surface area contributed by atoms with Crippen molar-refractivity contribution < 1.29 is 19.5 Å². The minimum Gasteiger partial charge on any atom is -0.477 e. The molecule has 3 aromatic rings. The normalized spacial score (nSPS) is 19.4. The van der Waals surface area contributed by atoms with Crippen molar-refractivity contribution in [3.05, 3.63) is 53.2 Å². The molecule has 2 amide bonds. The molecule has 9 heteroatoms. The van der Waals surface area contributed by atoms with E-state index in [0.717, 1.165) is 49.0 Å². The van der Waals surface area contributed by atoms with Crippen molar-refractivity contribution in [2.24, 2.45) is 24.8 Å². The molecule has 37 heavy (non-hydrogen) atoms. The molecule has 0 atom stereocenters. The summed E-state index contributed by atoms with van der Waals surface area (Å²) in [4.78, 5) is 41.0. The number of carboxylic acids is 1. The monoisotopic (exact) mass is 520 g/mol. The van der Waals surface area contributed by atoms with E-state index < -0.39 is 5.97 Å². The molecule has 194 valence electrons. The lowest BCUT2D eigenvalue weighted by Crippen LogP contribution is -2.39. The van der Waals surface area contributed by atoms with Gasteiger partial charge in [-0.05, 0) is 80.2 Å². The van der Waals surface area contributed by atoms with Gasteiger partial charge in [0, 0.05) is 36.3 Å². The van der Waals surface area contributed by atoms with E-state index in [0.29, 0.717) is 35.4 Å². The molecule has 0 aliphatic heterocycles. The number of hydrogen-bond acceptors (Lipinski definition) is 5. The van der Waals surface area contributed by atoms with Gasteiger partial charge >= 0.3 is 5.97 Å². The summed E-state index contributed by atoms with van der Waals surface area (Å²) < 4.78 is 1.57. The van der Waals surface area contributed by atoms with Crippen LogP contribution in [0.2, 0.25) is 0 Å². The Morgan fingerprint density at radius 3 is 2.38 bits per heavy atom. The minimum atomic E-state index is -1.02. The van der Waals surface area contributed by atoms with Gasteiger partial charge in [-0.25, -0.2) is 4.79 Å². The smallest absolute Gasteiger partial charge is 0.348 e. The average Bonchev–Trinajstić information content (AvgIpc) is 3.41. The summed E-state index contributed by atoms with van der Waals surface area (Å²) >= 11 is 1.19. The first-order chi connectivity index (χ1) is 17.8. The topological polar surface area (TPSA) is 105 Å². The van der Waals surface area contributed by atoms with Gasteiger partial charge in [-0.2, -0.15) is 5.10 Å². The highest BCUT2D eigenvalue weighted by Gasteiger charge is 2.35. The summed E-state index contributed by atoms with van der Waals surface area (Å²) in [6.07, 6.45) is 7.68. The molecule has 5 rings (SSSR count). The summed E-state index contributed by atoms with van der Waals surface area (Å²) in [5, 5.41) is 17.0. The van der Waals surface area contributed by atoms with Crippen LogP contribution in [-0.4, -0.2) is 39.2 Å². The fourth-order valence-electron chi connectivity index (χ4n) is 4.92. The number of amides is 2. The highest BCUT2D eigenvalue weighted by atomic mass is 32.1. The number of benzene rings is 1. The van der Waals surface area contributed by atoms with Crippen molar-refractivity contribution in [1.82, 2.24) is 9.78 Å². The second-order valence-corrected chi connectivity index (χ2v) is 11.4. The van der Waals surface area contributed by atoms with Crippen LogP contribution in [0.25, 0.3) is 10.4 Å². The Morgan fingerprint density at radius 2 is 1.78 bits per heavy atom. The van der Waals surface area contributed by atoms with E-state index in [9.17, 15) is 19.5 Å². The van der Waals surface area contributed by atoms with Gasteiger partial charge in [0.25, 0.3) is 5.91 Å². The van der Waals surface area contributed by atoms with Gasteiger partial charge in [-0.15, -0.1) is 11.3 Å². The van der Waals surface area contributed by atoms with E-state index in [2.05, 4.69) is 17.3 Å². The molecule has 0 spiro atoms. The zero-order valence-electron chi connectivity index (χ0n) is 21.1. The number of carboxylic acid groups (broad SMARTS) is 1. The van der Waals surface area contributed by atoms with Crippen molar-refractivity contribution in [3.63, 3.8) is 0 Å². The number of carbonyl (C=O) groups is 3. The summed E-state index contributed by atoms with van der Waals surface area (Å²) in [5.41, 5.74) is 2.29. The predicted molar refractivity (Wildman–Crippen MR) is 144 cm³/mol. The van der Waals surface area contributed by atoms with Crippen LogP contribution in [0.5, 0.6) is 0 Å². The van der Waals surface area contributed by atoms with Gasteiger partial charge in [-0.3, -0.25) is 14.3 Å². The molecule has 0 unspecified atom stereocenters. The standard InChI is InChI=1S/C28H32N4O4S/c1-17-3-7-20(8-4-17)27(34)32(16-18-5-6-18)23-15-24(37-25(23)28(35)36)19-9-11-21(12-10-19)29-26(33)22-13-14-31(2)30-22/h9-15,17-18,20H,3-8,16H2,1-2H3,(H,29,33)(H,35,36). The zero-order valence-corrected chi connectivity index (χ0v) is 22.0. The third-order valence-electron chi connectivity index (χ3n) is 7.34. The number of aromatic carboxylic acids is 1. The predicted octanol–water partition coefficient (Wildman–Crippen LogP) is 5.67. The third-order valence-corrected chi connectivity index (χ3v) is 8.50. The first-order valence-electron chi connectivity index (χ1n) is 12.9. The molecule has 0 radical (unpaired) electrons. The fraction of sp³-hybridized carbons (Fsp3) is 0.429. The molecular weight excluding hydrogens is 488 g/mol. The van der Waals surface area contributed by atoms with Crippen molar-refractivity contribution >= 4 is 40.5 Å². The molecule has 2 fully saturated rings. The quantitative estimate of drug-likeness (QED) is 0.398. The van der Waals surface area contributed by atoms with Crippen LogP contribution in [0.4, 0.5) is 11.4 Å². The molecule has 2 heterocycles. The number of thiophene rings is 1. The van der Waals surface area contributed by atoms with Gasteiger partial charge in [0.05, 0.1) is 5.69 Å². The van der Waals surface area contributed by atoms with Crippen LogP contribution in [0.1, 0.15) is 65.6 Å². The maximum Gasteiger partial charge on any atom is 0.348 e. The van der Waals surface area contributed by atoms with Gasteiger partial charge < -0.3 is 15.3 Å². The molecule has 2 aromatic heterocycles. The van der Waals surface area contributed by atoms with Crippen LogP contribution >= 0.6 is 11.3 Å². The largest absolute Gasteiger partial charge is 0.477 e. The van der Waals surface area contributed by atoms with Crippen LogP contribution in [0.15, 0.2) is 42.6 Å². The summed E-state index contributed by atoms with van der Waals surface area (Å²) in [6, 6.07) is 10.8. The van der Waals surface area contributed by atoms with Crippen LogP contribution < -0.4 is 10.2 Å². The third kappa shape index (κ3) is 5.77. The van der Waals surface area contributed by atoms with E-state index >= 15 is 0 Å². The molecule has 0 bridgehead atoms. The number of nitrogens with one attached hydrogen (secondary N) is 1. The maximum atomic E-state index is 13.6. The van der Waals surface area contributed by atoms with Crippen LogP contribution in [0, 0.1) is 17.8 Å². The molecule has 2 N–H and O–H groups in total. The number of nitrogens with zero attached hydrogens (tertiary/aromatic N) is 3. The number of anilines is 2. The molecular formula is C28H32N4O4S. The maximum absolute atomic E-state index is 13.6. The molecule has 2 saturated carbocycles. The van der Waals surface area contributed by atoms with Crippen molar-refractivity contribution in [2.75, 3.05) is 16.8 Å². The van der Waals surface area contributed by atoms with Crippen molar-refractivity contribution in [1.29, 1.82) is 0 Å². The Kier molecular flexibility index (Phi) is 7.15. The number of aryl methyl sites for hydroxylation is 1. The minimum absolute atomic E-state index is 0.0399. The Morgan fingerprint density at radius 1 is 1.08 bits per heavy atom. The average molecular weight is 521 g/mol. The molecule has 8 nitrogen and oxygen atoms in total. The van der Waals surface area contributed by atoms with E-state index in [1.54, 1.807) is 41.0 Å². The molecule has 2 aliphatic carbocycles. The first-order valence-corrected chi connectivity index (χ1v) is 13.7. The number of aromatic nitrogens is 2. The van der Waals surface area contributed by atoms with Crippen LogP contribution in [-0.2, 0) is 11.8 Å². The molecule has 2 aliphatic rings. The Labute approximate surface area is 220 Å². The van der Waals surface area contributed by atoms with E-state index in [1.807, 2.05) is 18.2 Å². The summed E-state index contributed by atoms with van der Waals surface area (Å²) in [7, 11) is 1.75. The summed E-state index contributed by atoms with van der Waals surface area (Å²) in [6.45, 7) is 2.81.